The largest absolute Gasteiger partial charge is 0.349 e. The number of carbonyl (C=O) groups excluding carboxylic acids is 2. The van der Waals surface area contributed by atoms with E-state index in [1.807, 2.05) is 6.92 Å². The maximum Gasteiger partial charge on any atom is 0.252 e. The molecule has 2 aromatic heterocycles. The van der Waals surface area contributed by atoms with Gasteiger partial charge in [0.2, 0.25) is 0 Å². The van der Waals surface area contributed by atoms with Crippen LogP contribution in [0.4, 0.5) is 0 Å². The molecule has 5 nitrogen and oxygen atoms in total. The average Bonchev–Trinajstić information content (AvgIpc) is 2.83. The normalized spacial score (nSPS) is 11.8. The van der Waals surface area contributed by atoms with E-state index in [0.717, 1.165) is 10.8 Å². The van der Waals surface area contributed by atoms with Crippen LogP contribution in [0.15, 0.2) is 48.8 Å². The summed E-state index contributed by atoms with van der Waals surface area (Å²) in [4.78, 5) is 31.0. The number of benzene rings is 2. The van der Waals surface area contributed by atoms with Crippen LogP contribution in [-0.4, -0.2) is 27.2 Å². The molecule has 0 fully saturated rings. The predicted octanol–water partition coefficient (Wildman–Crippen LogP) is 8.24. The fraction of sp³-hybridized carbons (Fsp3) is 0.200. The molecule has 4 aromatic rings. The van der Waals surface area contributed by atoms with E-state index in [1.165, 1.54) is 12.4 Å². The van der Waals surface area contributed by atoms with Crippen molar-refractivity contribution in [3.05, 3.63) is 80.3 Å². The fourth-order valence-corrected chi connectivity index (χ4v) is 4.03. The molecule has 0 saturated carbocycles. The van der Waals surface area contributed by atoms with Crippen LogP contribution in [0.25, 0.3) is 21.5 Å². The Morgan fingerprint density at radius 2 is 1.20 bits per heavy atom. The number of fused-ring (bicyclic) bond motifs is 2. The fourth-order valence-electron chi connectivity index (χ4n) is 3.07. The van der Waals surface area contributed by atoms with Gasteiger partial charge >= 0.3 is 0 Å². The Labute approximate surface area is 227 Å². The number of rotatable bonds is 4. The van der Waals surface area contributed by atoms with Gasteiger partial charge in [-0.2, -0.15) is 0 Å². The van der Waals surface area contributed by atoms with E-state index in [0.29, 0.717) is 48.2 Å². The lowest BCUT2D eigenvalue weighted by molar-refractivity contribution is 0.0930. The predicted molar refractivity (Wildman–Crippen MR) is 145 cm³/mol. The zero-order valence-electron chi connectivity index (χ0n) is 18.9. The molecule has 1 amide bonds. The maximum absolute atomic E-state index is 12.2. The van der Waals surface area contributed by atoms with Crippen molar-refractivity contribution in [3.63, 3.8) is 0 Å². The number of pyridine rings is 2. The van der Waals surface area contributed by atoms with E-state index in [1.54, 1.807) is 36.4 Å². The third-order valence-corrected chi connectivity index (χ3v) is 6.85. The highest BCUT2D eigenvalue weighted by Gasteiger charge is 2.14. The van der Waals surface area contributed by atoms with Crippen LogP contribution < -0.4 is 5.32 Å². The molecule has 0 bridgehead atoms. The van der Waals surface area contributed by atoms with Crippen molar-refractivity contribution in [3.8, 4) is 0 Å². The Morgan fingerprint density at radius 1 is 0.743 bits per heavy atom. The molecule has 10 heteroatoms. The lowest BCUT2D eigenvalue weighted by Crippen LogP contribution is -2.36. The molecule has 0 saturated heterocycles. The van der Waals surface area contributed by atoms with Crippen molar-refractivity contribution in [2.24, 2.45) is 5.92 Å². The average molecular weight is 572 g/mol. The monoisotopic (exact) mass is 569 g/mol. The SMILES string of the molecule is CC(C)C(C)NC(=O)c1ccc2c(Cl)cnc(Cl)c2c1.O=C(Cl)c1ccc2c(Cl)cnc(Cl)c2c1. The second kappa shape index (κ2) is 11.7. The Kier molecular flexibility index (Phi) is 9.19. The molecule has 1 N–H and O–H groups in total. The van der Waals surface area contributed by atoms with Crippen LogP contribution in [0.3, 0.4) is 0 Å². The second-order valence-electron chi connectivity index (χ2n) is 8.09. The van der Waals surface area contributed by atoms with Gasteiger partial charge in [-0.15, -0.1) is 0 Å². The number of hydrogen-bond acceptors (Lipinski definition) is 4. The number of hydrogen-bond donors (Lipinski definition) is 1. The number of nitrogens with one attached hydrogen (secondary N) is 1. The lowest BCUT2D eigenvalue weighted by Gasteiger charge is -2.17. The van der Waals surface area contributed by atoms with Crippen LogP contribution in [0.1, 0.15) is 41.5 Å². The minimum absolute atomic E-state index is 0.103. The summed E-state index contributed by atoms with van der Waals surface area (Å²) in [5.74, 6) is 0.253. The van der Waals surface area contributed by atoms with E-state index in [9.17, 15) is 9.59 Å². The Morgan fingerprint density at radius 3 is 1.66 bits per heavy atom. The van der Waals surface area contributed by atoms with Crippen molar-refractivity contribution in [2.75, 3.05) is 0 Å². The summed E-state index contributed by atoms with van der Waals surface area (Å²) in [6, 6.07) is 10.2. The highest BCUT2D eigenvalue weighted by molar-refractivity contribution is 6.67. The van der Waals surface area contributed by atoms with Crippen LogP contribution in [0.2, 0.25) is 20.4 Å². The van der Waals surface area contributed by atoms with Gasteiger partial charge in [-0.3, -0.25) is 9.59 Å². The standard InChI is InChI=1S/C15H16Cl2N2O.C10H4Cl3NO/c1-8(2)9(3)19-15(20)10-4-5-11-12(6-10)14(17)18-7-13(11)16;11-8-4-14-9(12)7-3-5(10(13)15)1-2-6(7)8/h4-9H,1-3H3,(H,19,20);1-4H. The summed E-state index contributed by atoms with van der Waals surface area (Å²) < 4.78 is 0. The van der Waals surface area contributed by atoms with E-state index >= 15 is 0 Å². The van der Waals surface area contributed by atoms with Gasteiger partial charge in [0.25, 0.3) is 11.1 Å². The van der Waals surface area contributed by atoms with Crippen LogP contribution >= 0.6 is 58.0 Å². The van der Waals surface area contributed by atoms with Crippen LogP contribution in [0.5, 0.6) is 0 Å². The van der Waals surface area contributed by atoms with Crippen molar-refractivity contribution < 1.29 is 9.59 Å². The van der Waals surface area contributed by atoms with Gasteiger partial charge in [0.15, 0.2) is 0 Å². The summed E-state index contributed by atoms with van der Waals surface area (Å²) in [6.45, 7) is 6.10. The number of carbonyl (C=O) groups is 2. The minimum Gasteiger partial charge on any atom is -0.349 e. The molecule has 0 aliphatic heterocycles. The number of nitrogens with zero attached hydrogens (tertiary/aromatic N) is 2. The summed E-state index contributed by atoms with van der Waals surface area (Å²) in [5, 5.41) is 6.92. The zero-order valence-corrected chi connectivity index (χ0v) is 22.7. The highest BCUT2D eigenvalue weighted by atomic mass is 35.5. The summed E-state index contributed by atoms with van der Waals surface area (Å²) in [7, 11) is 0. The lowest BCUT2D eigenvalue weighted by atomic mass is 10.0. The first kappa shape index (κ1) is 27.4. The molecule has 35 heavy (non-hydrogen) atoms. The smallest absolute Gasteiger partial charge is 0.252 e. The number of amides is 1. The molecule has 4 rings (SSSR count). The van der Waals surface area contributed by atoms with Crippen molar-refractivity contribution in [1.29, 1.82) is 0 Å². The first-order valence-electron chi connectivity index (χ1n) is 10.5. The van der Waals surface area contributed by atoms with E-state index in [2.05, 4.69) is 29.1 Å². The zero-order chi connectivity index (χ0) is 25.9. The first-order chi connectivity index (χ1) is 16.5. The summed E-state index contributed by atoms with van der Waals surface area (Å²) in [6.07, 6.45) is 2.97. The molecule has 1 unspecified atom stereocenters. The molecule has 2 heterocycles. The van der Waals surface area contributed by atoms with Gasteiger partial charge in [-0.1, -0.05) is 72.4 Å². The highest BCUT2D eigenvalue weighted by Crippen LogP contribution is 2.29. The van der Waals surface area contributed by atoms with Gasteiger partial charge in [-0.05, 0) is 48.7 Å². The summed E-state index contributed by atoms with van der Waals surface area (Å²) >= 11 is 29.3. The topological polar surface area (TPSA) is 72.0 Å². The molecule has 0 aliphatic carbocycles. The number of aromatic nitrogens is 2. The van der Waals surface area contributed by atoms with Gasteiger partial charge in [-0.25, -0.2) is 9.97 Å². The van der Waals surface area contributed by atoms with Crippen LogP contribution in [-0.2, 0) is 0 Å². The molecular formula is C25H20Cl5N3O2. The van der Waals surface area contributed by atoms with Gasteiger partial charge < -0.3 is 5.32 Å². The molecule has 2 aromatic carbocycles. The van der Waals surface area contributed by atoms with E-state index < -0.39 is 5.24 Å². The Hall–Kier alpha value is -2.15. The molecular weight excluding hydrogens is 552 g/mol. The Balaban J connectivity index is 0.000000203. The molecule has 0 aliphatic rings. The van der Waals surface area contributed by atoms with Crippen molar-refractivity contribution in [2.45, 2.75) is 26.8 Å². The molecule has 182 valence electrons. The first-order valence-corrected chi connectivity index (χ1v) is 12.4. The van der Waals surface area contributed by atoms with Gasteiger partial charge in [0.05, 0.1) is 10.0 Å². The summed E-state index contributed by atoms with van der Waals surface area (Å²) in [5.41, 5.74) is 0.922. The Bertz CT molecular complexity index is 1430. The second-order valence-corrected chi connectivity index (χ2v) is 9.97. The van der Waals surface area contributed by atoms with Crippen LogP contribution in [0, 0.1) is 5.92 Å². The van der Waals surface area contributed by atoms with Crippen molar-refractivity contribution in [1.82, 2.24) is 15.3 Å². The quantitative estimate of drug-likeness (QED) is 0.198. The minimum atomic E-state index is -0.534. The number of halogens is 5. The van der Waals surface area contributed by atoms with Crippen molar-refractivity contribution >= 4 is 90.7 Å². The molecule has 0 radical (unpaired) electrons. The maximum atomic E-state index is 12.2. The van der Waals surface area contributed by atoms with E-state index in [-0.39, 0.29) is 11.9 Å². The van der Waals surface area contributed by atoms with Gasteiger partial charge in [0.1, 0.15) is 10.3 Å². The van der Waals surface area contributed by atoms with Gasteiger partial charge in [0, 0.05) is 51.1 Å². The third-order valence-electron chi connectivity index (χ3n) is 5.43. The molecule has 1 atom stereocenters. The molecule has 0 spiro atoms. The third kappa shape index (κ3) is 6.54. The van der Waals surface area contributed by atoms with E-state index in [4.69, 9.17) is 58.0 Å².